The van der Waals surface area contributed by atoms with E-state index in [2.05, 4.69) is 10.2 Å². The molecule has 7 nitrogen and oxygen atoms in total. The lowest BCUT2D eigenvalue weighted by Gasteiger charge is -2.33. The lowest BCUT2D eigenvalue weighted by atomic mass is 10.1. The lowest BCUT2D eigenvalue weighted by Crippen LogP contribution is -2.50. The van der Waals surface area contributed by atoms with Crippen molar-refractivity contribution in [2.45, 2.75) is 23.0 Å². The van der Waals surface area contributed by atoms with Crippen molar-refractivity contribution in [3.05, 3.63) is 29.3 Å². The van der Waals surface area contributed by atoms with E-state index in [0.29, 0.717) is 31.0 Å². The Hall–Kier alpha value is -1.06. The van der Waals surface area contributed by atoms with Crippen molar-refractivity contribution < 1.29 is 17.9 Å². The molecule has 0 aromatic heterocycles. The third-order valence-electron chi connectivity index (χ3n) is 5.04. The summed E-state index contributed by atoms with van der Waals surface area (Å²) < 4.78 is 31.1. The van der Waals surface area contributed by atoms with Crippen LogP contribution in [0, 0.1) is 0 Å². The number of benzene rings is 1. The number of urea groups is 1. The summed E-state index contributed by atoms with van der Waals surface area (Å²) in [6.45, 7) is 5.29. The number of piperidine rings is 1. The molecule has 28 heavy (non-hydrogen) atoms. The van der Waals surface area contributed by atoms with Gasteiger partial charge in [0, 0.05) is 44.3 Å². The van der Waals surface area contributed by atoms with Crippen LogP contribution in [0.4, 0.5) is 4.79 Å². The molecule has 0 aliphatic carbocycles. The van der Waals surface area contributed by atoms with Crippen molar-refractivity contribution in [2.75, 3.05) is 52.5 Å². The molecule has 2 aliphatic rings. The molecule has 2 heterocycles. The van der Waals surface area contributed by atoms with Crippen LogP contribution in [0.1, 0.15) is 12.8 Å². The number of rotatable bonds is 5. The van der Waals surface area contributed by atoms with E-state index in [4.69, 9.17) is 16.3 Å². The summed E-state index contributed by atoms with van der Waals surface area (Å²) in [6, 6.07) is 6.11. The van der Waals surface area contributed by atoms with Crippen molar-refractivity contribution >= 4 is 39.9 Å². The van der Waals surface area contributed by atoms with Gasteiger partial charge in [0.2, 0.25) is 0 Å². The largest absolute Gasteiger partial charge is 0.379 e. The number of hydrogen-bond donors (Lipinski definition) is 1. The molecule has 1 atom stereocenters. The molecular weight excluding hydrogens is 425 g/mol. The van der Waals surface area contributed by atoms with Crippen LogP contribution in [0.2, 0.25) is 5.02 Å². The monoisotopic (exact) mass is 451 g/mol. The third kappa shape index (κ3) is 5.97. The number of ether oxygens (including phenoxy) is 1. The zero-order valence-corrected chi connectivity index (χ0v) is 18.1. The first-order chi connectivity index (χ1) is 13.0. The van der Waals surface area contributed by atoms with Crippen LogP contribution in [-0.2, 0) is 14.6 Å². The van der Waals surface area contributed by atoms with Gasteiger partial charge in [-0.15, -0.1) is 12.4 Å². The molecule has 0 saturated carbocycles. The summed E-state index contributed by atoms with van der Waals surface area (Å²) >= 11 is 5.94. The molecule has 158 valence electrons. The summed E-state index contributed by atoms with van der Waals surface area (Å²) in [5.74, 6) is 0. The summed E-state index contributed by atoms with van der Waals surface area (Å²) in [5.41, 5.74) is 0. The fourth-order valence-electron chi connectivity index (χ4n) is 3.47. The zero-order chi connectivity index (χ0) is 19.3. The maximum atomic E-state index is 12.9. The Morgan fingerprint density at radius 1 is 1.25 bits per heavy atom. The van der Waals surface area contributed by atoms with Gasteiger partial charge in [0.25, 0.3) is 0 Å². The number of amides is 2. The van der Waals surface area contributed by atoms with E-state index in [1.807, 2.05) is 0 Å². The number of hydrogen-bond acceptors (Lipinski definition) is 5. The van der Waals surface area contributed by atoms with Crippen LogP contribution in [-0.4, -0.2) is 82.0 Å². The number of halogens is 2. The molecule has 2 amide bonds. The topological polar surface area (TPSA) is 79.0 Å². The van der Waals surface area contributed by atoms with Crippen molar-refractivity contribution in [3.8, 4) is 0 Å². The quantitative estimate of drug-likeness (QED) is 0.740. The molecule has 2 saturated heterocycles. The Kier molecular flexibility index (Phi) is 8.82. The van der Waals surface area contributed by atoms with Gasteiger partial charge in [-0.1, -0.05) is 17.7 Å². The van der Waals surface area contributed by atoms with Crippen LogP contribution in [0.15, 0.2) is 29.2 Å². The summed E-state index contributed by atoms with van der Waals surface area (Å²) in [6.07, 6.45) is 1.22. The maximum absolute atomic E-state index is 12.9. The number of morpholine rings is 1. The molecule has 2 aliphatic heterocycles. The van der Waals surface area contributed by atoms with Gasteiger partial charge in [-0.05, 0) is 31.0 Å². The normalized spacial score (nSPS) is 21.0. The summed E-state index contributed by atoms with van der Waals surface area (Å²) in [7, 11) is -3.52. The Bertz CT molecular complexity index is 757. The SMILES string of the molecule is Cl.O=C(NCCN1CCOCC1)N1CCCC(S(=O)(=O)c2cccc(Cl)c2)C1. The first-order valence-corrected chi connectivity index (χ1v) is 11.2. The van der Waals surface area contributed by atoms with Crippen molar-refractivity contribution in [1.29, 1.82) is 0 Å². The van der Waals surface area contributed by atoms with Crippen molar-refractivity contribution in [3.63, 3.8) is 0 Å². The molecule has 1 N–H and O–H groups in total. The minimum Gasteiger partial charge on any atom is -0.379 e. The molecule has 0 radical (unpaired) electrons. The highest BCUT2D eigenvalue weighted by atomic mass is 35.5. The molecule has 2 fully saturated rings. The van der Waals surface area contributed by atoms with Crippen molar-refractivity contribution in [2.24, 2.45) is 0 Å². The molecule has 3 rings (SSSR count). The van der Waals surface area contributed by atoms with Crippen LogP contribution in [0.25, 0.3) is 0 Å². The van der Waals surface area contributed by atoms with Crippen molar-refractivity contribution in [1.82, 2.24) is 15.1 Å². The van der Waals surface area contributed by atoms with Gasteiger partial charge in [0.05, 0.1) is 23.4 Å². The highest BCUT2D eigenvalue weighted by Gasteiger charge is 2.33. The predicted molar refractivity (Wildman–Crippen MR) is 111 cm³/mol. The molecule has 0 bridgehead atoms. The fourth-order valence-corrected chi connectivity index (χ4v) is 5.52. The number of nitrogens with one attached hydrogen (secondary N) is 1. The van der Waals surface area contributed by atoms with E-state index in [-0.39, 0.29) is 29.9 Å². The van der Waals surface area contributed by atoms with Gasteiger partial charge in [0.15, 0.2) is 9.84 Å². The minimum atomic E-state index is -3.52. The Morgan fingerprint density at radius 2 is 2.00 bits per heavy atom. The Morgan fingerprint density at radius 3 is 2.71 bits per heavy atom. The number of carbonyl (C=O) groups is 1. The van der Waals surface area contributed by atoms with E-state index in [1.165, 1.54) is 6.07 Å². The molecule has 1 aromatic rings. The molecular formula is C18H27Cl2N3O4S. The molecule has 0 spiro atoms. The van der Waals surface area contributed by atoms with Gasteiger partial charge < -0.3 is 15.0 Å². The predicted octanol–water partition coefficient (Wildman–Crippen LogP) is 2.04. The standard InChI is InChI=1S/C18H26ClN3O4S.ClH/c19-15-3-1-4-16(13-15)27(24,25)17-5-2-7-22(14-17)18(23)20-6-8-21-9-11-26-12-10-21;/h1,3-4,13,17H,2,5-12,14H2,(H,20,23);1H. The first kappa shape index (κ1) is 23.2. The van der Waals surface area contributed by atoms with E-state index in [1.54, 1.807) is 23.1 Å². The van der Waals surface area contributed by atoms with Crippen LogP contribution < -0.4 is 5.32 Å². The molecule has 1 aromatic carbocycles. The minimum absolute atomic E-state index is 0. The van der Waals surface area contributed by atoms with Gasteiger partial charge in [-0.25, -0.2) is 13.2 Å². The number of likely N-dealkylation sites (tertiary alicyclic amines) is 1. The third-order valence-corrected chi connectivity index (χ3v) is 7.45. The number of carbonyl (C=O) groups excluding carboxylic acids is 1. The Labute approximate surface area is 177 Å². The smallest absolute Gasteiger partial charge is 0.317 e. The number of nitrogens with zero attached hydrogens (tertiary/aromatic N) is 2. The average Bonchev–Trinajstić information content (AvgIpc) is 2.69. The van der Waals surface area contributed by atoms with Crippen LogP contribution in [0.3, 0.4) is 0 Å². The Balaban J connectivity index is 0.00000280. The second kappa shape index (κ2) is 10.6. The highest BCUT2D eigenvalue weighted by Crippen LogP contribution is 2.25. The van der Waals surface area contributed by atoms with E-state index >= 15 is 0 Å². The van der Waals surface area contributed by atoms with Gasteiger partial charge in [0.1, 0.15) is 0 Å². The van der Waals surface area contributed by atoms with Gasteiger partial charge in [-0.3, -0.25) is 4.90 Å². The highest BCUT2D eigenvalue weighted by molar-refractivity contribution is 7.92. The maximum Gasteiger partial charge on any atom is 0.317 e. The molecule has 1 unspecified atom stereocenters. The van der Waals surface area contributed by atoms with Crippen LogP contribution in [0.5, 0.6) is 0 Å². The van der Waals surface area contributed by atoms with Gasteiger partial charge >= 0.3 is 6.03 Å². The van der Waals surface area contributed by atoms with E-state index in [9.17, 15) is 13.2 Å². The van der Waals surface area contributed by atoms with Crippen LogP contribution >= 0.6 is 24.0 Å². The zero-order valence-electron chi connectivity index (χ0n) is 15.7. The first-order valence-electron chi connectivity index (χ1n) is 9.29. The summed E-state index contributed by atoms with van der Waals surface area (Å²) in [4.78, 5) is 16.5. The van der Waals surface area contributed by atoms with E-state index < -0.39 is 15.1 Å². The lowest BCUT2D eigenvalue weighted by molar-refractivity contribution is 0.0385. The molecule has 10 heteroatoms. The van der Waals surface area contributed by atoms with E-state index in [0.717, 1.165) is 32.8 Å². The van der Waals surface area contributed by atoms with Gasteiger partial charge in [-0.2, -0.15) is 0 Å². The fraction of sp³-hybridized carbons (Fsp3) is 0.611. The second-order valence-electron chi connectivity index (χ2n) is 6.90. The average molecular weight is 452 g/mol. The number of sulfone groups is 1. The second-order valence-corrected chi connectivity index (χ2v) is 9.56. The summed E-state index contributed by atoms with van der Waals surface area (Å²) in [5, 5.41) is 2.70.